The molecule has 1 aromatic carbocycles. The van der Waals surface area contributed by atoms with E-state index < -0.39 is 20.9 Å². The summed E-state index contributed by atoms with van der Waals surface area (Å²) in [5.41, 5.74) is 0.0651. The first kappa shape index (κ1) is 20.6. The van der Waals surface area contributed by atoms with Gasteiger partial charge in [-0.25, -0.2) is 13.4 Å². The standard InChI is InChI=1S/C16H15ClFN3O5S2/c1-28(23,24)12-3-2-9(6-11(12)17)14(21-26-10-4-5-25-8-10)15(22)20-16-19-7-13(18)27-16/h2-3,6-7,10H,4-5,8H2,1H3,(H,19,20,22)/b21-14+. The van der Waals surface area contributed by atoms with Gasteiger partial charge in [0.05, 0.1) is 29.3 Å². The number of halogens is 2. The Morgan fingerprint density at radius 1 is 1.50 bits per heavy atom. The molecule has 150 valence electrons. The number of anilines is 1. The molecule has 1 unspecified atom stereocenters. The smallest absolute Gasteiger partial charge is 0.280 e. The highest BCUT2D eigenvalue weighted by Crippen LogP contribution is 2.24. The van der Waals surface area contributed by atoms with Crippen LogP contribution in [0, 0.1) is 5.13 Å². The molecular formula is C16H15ClFN3O5S2. The Bertz CT molecular complexity index is 1020. The van der Waals surface area contributed by atoms with Crippen LogP contribution in [0.25, 0.3) is 0 Å². The topological polar surface area (TPSA) is 107 Å². The molecule has 3 rings (SSSR count). The fourth-order valence-electron chi connectivity index (χ4n) is 2.37. The van der Waals surface area contributed by atoms with Crippen LogP contribution >= 0.6 is 22.9 Å². The summed E-state index contributed by atoms with van der Waals surface area (Å²) in [6.45, 7) is 0.860. The molecule has 0 radical (unpaired) electrons. The van der Waals surface area contributed by atoms with Gasteiger partial charge in [0.15, 0.2) is 31.9 Å². The molecule has 1 amide bonds. The molecule has 28 heavy (non-hydrogen) atoms. The molecule has 2 heterocycles. The number of amides is 1. The van der Waals surface area contributed by atoms with E-state index in [1.807, 2.05) is 0 Å². The Labute approximate surface area is 169 Å². The number of nitrogens with one attached hydrogen (secondary N) is 1. The SMILES string of the molecule is CS(=O)(=O)c1ccc(/C(=N\OC2CCOC2)C(=O)Nc2ncc(F)s2)cc1Cl. The number of benzene rings is 1. The first-order chi connectivity index (χ1) is 13.2. The number of thiazole rings is 1. The molecular weight excluding hydrogens is 433 g/mol. The largest absolute Gasteiger partial charge is 0.389 e. The summed E-state index contributed by atoms with van der Waals surface area (Å²) < 4.78 is 41.8. The van der Waals surface area contributed by atoms with E-state index in [0.717, 1.165) is 12.5 Å². The first-order valence-electron chi connectivity index (χ1n) is 7.98. The van der Waals surface area contributed by atoms with Gasteiger partial charge in [0.2, 0.25) is 0 Å². The minimum atomic E-state index is -3.54. The van der Waals surface area contributed by atoms with E-state index in [1.165, 1.54) is 18.2 Å². The van der Waals surface area contributed by atoms with Crippen LogP contribution in [-0.2, 0) is 24.2 Å². The summed E-state index contributed by atoms with van der Waals surface area (Å²) in [4.78, 5) is 21.7. The summed E-state index contributed by atoms with van der Waals surface area (Å²) in [5, 5.41) is 5.75. The van der Waals surface area contributed by atoms with Gasteiger partial charge < -0.3 is 9.57 Å². The van der Waals surface area contributed by atoms with Gasteiger partial charge in [-0.1, -0.05) is 34.2 Å². The zero-order valence-electron chi connectivity index (χ0n) is 14.5. The minimum absolute atomic E-state index is 0.0400. The maximum Gasteiger partial charge on any atom is 0.280 e. The van der Waals surface area contributed by atoms with Crippen molar-refractivity contribution in [2.24, 2.45) is 5.16 Å². The number of carbonyl (C=O) groups excluding carboxylic acids is 1. The second kappa shape index (κ2) is 8.52. The van der Waals surface area contributed by atoms with Crippen molar-refractivity contribution in [3.05, 3.63) is 40.1 Å². The number of aromatic nitrogens is 1. The normalized spacial score (nSPS) is 17.5. The summed E-state index contributed by atoms with van der Waals surface area (Å²) >= 11 is 6.72. The number of rotatable bonds is 6. The van der Waals surface area contributed by atoms with Crippen molar-refractivity contribution in [3.8, 4) is 0 Å². The zero-order valence-corrected chi connectivity index (χ0v) is 16.9. The van der Waals surface area contributed by atoms with Gasteiger partial charge in [0, 0.05) is 18.2 Å². The molecule has 1 aliphatic heterocycles. The molecule has 1 aliphatic rings. The first-order valence-corrected chi connectivity index (χ1v) is 11.1. The molecule has 1 aromatic heterocycles. The second-order valence-electron chi connectivity index (χ2n) is 5.87. The third kappa shape index (κ3) is 5.04. The lowest BCUT2D eigenvalue weighted by molar-refractivity contribution is -0.110. The third-order valence-electron chi connectivity index (χ3n) is 3.70. The molecule has 1 N–H and O–H groups in total. The van der Waals surface area contributed by atoms with Crippen molar-refractivity contribution >= 4 is 49.5 Å². The predicted molar refractivity (Wildman–Crippen MR) is 102 cm³/mol. The minimum Gasteiger partial charge on any atom is -0.389 e. The van der Waals surface area contributed by atoms with Gasteiger partial charge in [-0.15, -0.1) is 0 Å². The molecule has 0 bridgehead atoms. The number of sulfone groups is 1. The van der Waals surface area contributed by atoms with E-state index in [9.17, 15) is 17.6 Å². The van der Waals surface area contributed by atoms with E-state index in [4.69, 9.17) is 21.2 Å². The van der Waals surface area contributed by atoms with E-state index >= 15 is 0 Å². The van der Waals surface area contributed by atoms with Crippen molar-refractivity contribution < 1.29 is 27.2 Å². The molecule has 0 spiro atoms. The molecule has 12 heteroatoms. The van der Waals surface area contributed by atoms with Crippen LogP contribution in [0.2, 0.25) is 5.02 Å². The summed E-state index contributed by atoms with van der Waals surface area (Å²) in [6.07, 6.45) is 2.30. The Balaban J connectivity index is 1.92. The van der Waals surface area contributed by atoms with Gasteiger partial charge in [-0.3, -0.25) is 10.1 Å². The van der Waals surface area contributed by atoms with Crippen molar-refractivity contribution in [1.82, 2.24) is 4.98 Å². The maximum absolute atomic E-state index is 13.1. The lowest BCUT2D eigenvalue weighted by Gasteiger charge is -2.11. The molecule has 2 aromatic rings. The lowest BCUT2D eigenvalue weighted by atomic mass is 10.1. The number of ether oxygens (including phenoxy) is 1. The monoisotopic (exact) mass is 447 g/mol. The Hall–Kier alpha value is -2.08. The fourth-order valence-corrected chi connectivity index (χ4v) is 4.23. The number of carbonyl (C=O) groups is 1. The summed E-state index contributed by atoms with van der Waals surface area (Å²) in [7, 11) is -3.54. The highest BCUT2D eigenvalue weighted by Gasteiger charge is 2.22. The van der Waals surface area contributed by atoms with Gasteiger partial charge in [-0.05, 0) is 12.1 Å². The molecule has 1 atom stereocenters. The maximum atomic E-state index is 13.1. The molecule has 1 saturated heterocycles. The van der Waals surface area contributed by atoms with Crippen LogP contribution < -0.4 is 5.32 Å². The average Bonchev–Trinajstić information content (AvgIpc) is 3.26. The number of oxime groups is 1. The predicted octanol–water partition coefficient (Wildman–Crippen LogP) is 2.49. The highest BCUT2D eigenvalue weighted by molar-refractivity contribution is 7.90. The van der Waals surface area contributed by atoms with Crippen LogP contribution in [0.4, 0.5) is 9.52 Å². The quantitative estimate of drug-likeness (QED) is 0.538. The fraction of sp³-hybridized carbons (Fsp3) is 0.312. The summed E-state index contributed by atoms with van der Waals surface area (Å²) in [5.74, 6) is -0.712. The Morgan fingerprint density at radius 2 is 2.29 bits per heavy atom. The molecule has 0 saturated carbocycles. The number of nitrogens with zero attached hydrogens (tertiary/aromatic N) is 2. The highest BCUT2D eigenvalue weighted by atomic mass is 35.5. The van der Waals surface area contributed by atoms with Crippen molar-refractivity contribution in [1.29, 1.82) is 0 Å². The Kier molecular flexibility index (Phi) is 6.28. The Morgan fingerprint density at radius 3 is 2.86 bits per heavy atom. The van der Waals surface area contributed by atoms with Crippen molar-refractivity contribution in [2.45, 2.75) is 17.4 Å². The third-order valence-corrected chi connectivity index (χ3v) is 5.98. The van der Waals surface area contributed by atoms with Gasteiger partial charge >= 0.3 is 0 Å². The van der Waals surface area contributed by atoms with Gasteiger partial charge in [-0.2, -0.15) is 4.39 Å². The van der Waals surface area contributed by atoms with Gasteiger partial charge in [0.1, 0.15) is 0 Å². The average molecular weight is 448 g/mol. The second-order valence-corrected chi connectivity index (χ2v) is 9.24. The molecule has 0 aliphatic carbocycles. The van der Waals surface area contributed by atoms with Crippen molar-refractivity contribution in [2.75, 3.05) is 24.8 Å². The van der Waals surface area contributed by atoms with E-state index in [1.54, 1.807) is 0 Å². The van der Waals surface area contributed by atoms with Crippen LogP contribution in [-0.4, -0.2) is 50.6 Å². The van der Waals surface area contributed by atoms with Gasteiger partial charge in [0.25, 0.3) is 5.91 Å². The van der Waals surface area contributed by atoms with Crippen LogP contribution in [0.3, 0.4) is 0 Å². The molecule has 8 nitrogen and oxygen atoms in total. The molecule has 1 fully saturated rings. The van der Waals surface area contributed by atoms with E-state index in [-0.39, 0.29) is 32.4 Å². The van der Waals surface area contributed by atoms with Crippen LogP contribution in [0.15, 0.2) is 34.4 Å². The summed E-state index contributed by atoms with van der Waals surface area (Å²) in [6, 6.07) is 3.96. The zero-order chi connectivity index (χ0) is 20.3. The lowest BCUT2D eigenvalue weighted by Crippen LogP contribution is -2.25. The van der Waals surface area contributed by atoms with Crippen molar-refractivity contribution in [3.63, 3.8) is 0 Å². The number of hydrogen-bond acceptors (Lipinski definition) is 8. The van der Waals surface area contributed by atoms with Crippen LogP contribution in [0.1, 0.15) is 12.0 Å². The van der Waals surface area contributed by atoms with E-state index in [2.05, 4.69) is 15.5 Å². The van der Waals surface area contributed by atoms with Crippen LogP contribution in [0.5, 0.6) is 0 Å². The van der Waals surface area contributed by atoms with E-state index in [0.29, 0.717) is 31.0 Å². The number of hydrogen-bond donors (Lipinski definition) is 1.